The number of carbonyl (C=O) groups excluding carboxylic acids is 2. The van der Waals surface area contributed by atoms with Crippen molar-refractivity contribution in [2.24, 2.45) is 0 Å². The van der Waals surface area contributed by atoms with Gasteiger partial charge in [0.05, 0.1) is 12.3 Å². The van der Waals surface area contributed by atoms with Crippen LogP contribution in [-0.2, 0) is 9.59 Å². The molecule has 1 fully saturated rings. The molecule has 2 amide bonds. The monoisotopic (exact) mass is 385 g/mol. The van der Waals surface area contributed by atoms with E-state index in [0.717, 1.165) is 18.7 Å². The smallest absolute Gasteiger partial charge is 0.238 e. The number of anilines is 1. The van der Waals surface area contributed by atoms with Crippen LogP contribution < -0.4 is 5.32 Å². The van der Waals surface area contributed by atoms with E-state index in [2.05, 4.69) is 20.2 Å². The highest BCUT2D eigenvalue weighted by atomic mass is 32.2. The van der Waals surface area contributed by atoms with Gasteiger partial charge in [-0.05, 0) is 24.6 Å². The third-order valence-corrected chi connectivity index (χ3v) is 5.09. The van der Waals surface area contributed by atoms with Gasteiger partial charge in [-0.3, -0.25) is 14.5 Å². The van der Waals surface area contributed by atoms with E-state index in [1.807, 2.05) is 35.2 Å². The summed E-state index contributed by atoms with van der Waals surface area (Å²) in [5.41, 5.74) is 0.800. The average Bonchev–Trinajstić information content (AvgIpc) is 2.93. The van der Waals surface area contributed by atoms with Crippen LogP contribution in [-0.4, -0.2) is 70.1 Å². The minimum atomic E-state index is -0.0299. The predicted molar refractivity (Wildman–Crippen MR) is 105 cm³/mol. The van der Waals surface area contributed by atoms with Gasteiger partial charge in [0.1, 0.15) is 0 Å². The third kappa shape index (κ3) is 6.33. The van der Waals surface area contributed by atoms with E-state index in [1.165, 1.54) is 11.8 Å². The second-order valence-corrected chi connectivity index (χ2v) is 7.19. The lowest BCUT2D eigenvalue weighted by molar-refractivity contribution is -0.128. The Morgan fingerprint density at radius 3 is 2.56 bits per heavy atom. The fourth-order valence-electron chi connectivity index (χ4n) is 2.88. The van der Waals surface area contributed by atoms with Crippen molar-refractivity contribution in [2.45, 2.75) is 11.6 Å². The SMILES string of the molecule is O=C(CN1CCCN(C(=O)CSc2ncccn2)CC1)Nc1ccccc1. The number of hydrogen-bond donors (Lipinski definition) is 1. The van der Waals surface area contributed by atoms with Gasteiger partial charge in [-0.2, -0.15) is 0 Å². The lowest BCUT2D eigenvalue weighted by atomic mass is 10.3. The first-order valence-electron chi connectivity index (χ1n) is 8.95. The molecule has 2 aromatic rings. The highest BCUT2D eigenvalue weighted by Gasteiger charge is 2.20. The van der Waals surface area contributed by atoms with E-state index in [9.17, 15) is 9.59 Å². The van der Waals surface area contributed by atoms with E-state index in [-0.39, 0.29) is 11.8 Å². The van der Waals surface area contributed by atoms with Gasteiger partial charge >= 0.3 is 0 Å². The van der Waals surface area contributed by atoms with Crippen molar-refractivity contribution >= 4 is 29.3 Å². The summed E-state index contributed by atoms with van der Waals surface area (Å²) in [6, 6.07) is 11.2. The number of nitrogens with one attached hydrogen (secondary N) is 1. The maximum absolute atomic E-state index is 12.4. The first kappa shape index (κ1) is 19.3. The summed E-state index contributed by atoms with van der Waals surface area (Å²) in [5, 5.41) is 3.51. The number of aromatic nitrogens is 2. The number of amides is 2. The molecule has 1 aliphatic heterocycles. The summed E-state index contributed by atoms with van der Waals surface area (Å²) < 4.78 is 0. The van der Waals surface area contributed by atoms with Crippen LogP contribution in [0.4, 0.5) is 5.69 Å². The van der Waals surface area contributed by atoms with Crippen LogP contribution >= 0.6 is 11.8 Å². The summed E-state index contributed by atoms with van der Waals surface area (Å²) in [6.07, 6.45) is 4.20. The molecule has 1 aromatic carbocycles. The number of carbonyl (C=O) groups is 2. The summed E-state index contributed by atoms with van der Waals surface area (Å²) in [5.74, 6) is 0.388. The van der Waals surface area contributed by atoms with Crippen molar-refractivity contribution in [3.8, 4) is 0 Å². The number of rotatable bonds is 6. The van der Waals surface area contributed by atoms with E-state index in [0.29, 0.717) is 37.1 Å². The third-order valence-electron chi connectivity index (χ3n) is 4.23. The fourth-order valence-corrected chi connectivity index (χ4v) is 3.59. The lowest BCUT2D eigenvalue weighted by Crippen LogP contribution is -2.38. The normalized spacial score (nSPS) is 15.2. The summed E-state index contributed by atoms with van der Waals surface area (Å²) in [4.78, 5) is 36.9. The molecular weight excluding hydrogens is 362 g/mol. The van der Waals surface area contributed by atoms with Gasteiger partial charge < -0.3 is 10.2 Å². The van der Waals surface area contributed by atoms with Crippen LogP contribution in [0.25, 0.3) is 0 Å². The van der Waals surface area contributed by atoms with Gasteiger partial charge in [-0.1, -0.05) is 30.0 Å². The van der Waals surface area contributed by atoms with Crippen LogP contribution in [0.2, 0.25) is 0 Å². The second-order valence-electron chi connectivity index (χ2n) is 6.24. The van der Waals surface area contributed by atoms with Crippen LogP contribution in [0.15, 0.2) is 53.9 Å². The molecule has 0 saturated carbocycles. The van der Waals surface area contributed by atoms with E-state index in [1.54, 1.807) is 18.5 Å². The van der Waals surface area contributed by atoms with Crippen LogP contribution in [0, 0.1) is 0 Å². The molecular formula is C19H23N5O2S. The van der Waals surface area contributed by atoms with E-state index in [4.69, 9.17) is 0 Å². The topological polar surface area (TPSA) is 78.4 Å². The second kappa shape index (κ2) is 10.0. The Hall–Kier alpha value is -2.45. The molecule has 2 heterocycles. The molecule has 0 aliphatic carbocycles. The summed E-state index contributed by atoms with van der Waals surface area (Å²) >= 11 is 1.35. The Bertz CT molecular complexity index is 744. The Morgan fingerprint density at radius 1 is 1.00 bits per heavy atom. The van der Waals surface area contributed by atoms with E-state index >= 15 is 0 Å². The summed E-state index contributed by atoms with van der Waals surface area (Å²) in [7, 11) is 0. The van der Waals surface area contributed by atoms with Gasteiger partial charge in [0.15, 0.2) is 5.16 Å². The minimum Gasteiger partial charge on any atom is -0.341 e. The number of nitrogens with zero attached hydrogens (tertiary/aromatic N) is 4. The molecule has 142 valence electrons. The van der Waals surface area contributed by atoms with Gasteiger partial charge in [-0.15, -0.1) is 0 Å². The highest BCUT2D eigenvalue weighted by molar-refractivity contribution is 7.99. The molecule has 27 heavy (non-hydrogen) atoms. The Morgan fingerprint density at radius 2 is 1.78 bits per heavy atom. The highest BCUT2D eigenvalue weighted by Crippen LogP contribution is 2.13. The predicted octanol–water partition coefficient (Wildman–Crippen LogP) is 1.74. The zero-order valence-electron chi connectivity index (χ0n) is 15.1. The van der Waals surface area contributed by atoms with Crippen molar-refractivity contribution < 1.29 is 9.59 Å². The molecule has 3 rings (SSSR count). The maximum Gasteiger partial charge on any atom is 0.238 e. The van der Waals surface area contributed by atoms with Crippen LogP contribution in [0.5, 0.6) is 0 Å². The molecule has 8 heteroatoms. The molecule has 0 bridgehead atoms. The molecule has 0 atom stereocenters. The van der Waals surface area contributed by atoms with Crippen molar-refractivity contribution in [3.05, 3.63) is 48.8 Å². The fraction of sp³-hybridized carbons (Fsp3) is 0.368. The molecule has 1 N–H and O–H groups in total. The number of benzene rings is 1. The minimum absolute atomic E-state index is 0.0299. The van der Waals surface area contributed by atoms with E-state index < -0.39 is 0 Å². The molecule has 0 unspecified atom stereocenters. The first-order valence-corrected chi connectivity index (χ1v) is 9.94. The lowest BCUT2D eigenvalue weighted by Gasteiger charge is -2.21. The molecule has 1 saturated heterocycles. The Labute approximate surface area is 163 Å². The largest absolute Gasteiger partial charge is 0.341 e. The molecule has 0 spiro atoms. The number of para-hydroxylation sites is 1. The zero-order valence-corrected chi connectivity index (χ0v) is 15.9. The molecule has 7 nitrogen and oxygen atoms in total. The van der Waals surface area contributed by atoms with Gasteiger partial charge in [0.2, 0.25) is 11.8 Å². The molecule has 1 aliphatic rings. The average molecular weight is 385 g/mol. The maximum atomic E-state index is 12.4. The Kier molecular flexibility index (Phi) is 7.18. The van der Waals surface area contributed by atoms with Crippen molar-refractivity contribution in [1.29, 1.82) is 0 Å². The quantitative estimate of drug-likeness (QED) is 0.603. The number of thioether (sulfide) groups is 1. The van der Waals surface area contributed by atoms with Crippen molar-refractivity contribution in [2.75, 3.05) is 43.8 Å². The van der Waals surface area contributed by atoms with Crippen molar-refractivity contribution in [1.82, 2.24) is 19.8 Å². The number of hydrogen-bond acceptors (Lipinski definition) is 6. The summed E-state index contributed by atoms with van der Waals surface area (Å²) in [6.45, 7) is 3.18. The van der Waals surface area contributed by atoms with Crippen molar-refractivity contribution in [3.63, 3.8) is 0 Å². The first-order chi connectivity index (χ1) is 13.2. The standard InChI is InChI=1S/C19H23N5O2S/c25-17(22-16-6-2-1-3-7-16)14-23-10-5-11-24(13-12-23)18(26)15-27-19-20-8-4-9-21-19/h1-4,6-9H,5,10-15H2,(H,22,25). The van der Waals surface area contributed by atoms with Gasteiger partial charge in [0, 0.05) is 44.3 Å². The molecule has 0 radical (unpaired) electrons. The van der Waals surface area contributed by atoms with Gasteiger partial charge in [-0.25, -0.2) is 9.97 Å². The van der Waals surface area contributed by atoms with Crippen LogP contribution in [0.1, 0.15) is 6.42 Å². The molecule has 1 aromatic heterocycles. The van der Waals surface area contributed by atoms with Crippen LogP contribution in [0.3, 0.4) is 0 Å². The van der Waals surface area contributed by atoms with Gasteiger partial charge in [0.25, 0.3) is 0 Å². The Balaban J connectivity index is 1.42. The zero-order chi connectivity index (χ0) is 18.9.